The van der Waals surface area contributed by atoms with Gasteiger partial charge in [0.2, 0.25) is 11.8 Å². The summed E-state index contributed by atoms with van der Waals surface area (Å²) in [5, 5.41) is 5.66. The zero-order valence-electron chi connectivity index (χ0n) is 19.8. The van der Waals surface area contributed by atoms with Crippen LogP contribution in [0.25, 0.3) is 10.8 Å². The van der Waals surface area contributed by atoms with Crippen molar-refractivity contribution < 1.29 is 9.59 Å². The van der Waals surface area contributed by atoms with Crippen LogP contribution < -0.4 is 5.32 Å². The van der Waals surface area contributed by atoms with Gasteiger partial charge in [0.15, 0.2) is 0 Å². The van der Waals surface area contributed by atoms with Gasteiger partial charge in [0.25, 0.3) is 0 Å². The lowest BCUT2D eigenvalue weighted by atomic mass is 9.99. The molecule has 35 heavy (non-hydrogen) atoms. The molecule has 0 saturated carbocycles. The van der Waals surface area contributed by atoms with Crippen molar-refractivity contribution in [2.75, 3.05) is 7.05 Å². The lowest BCUT2D eigenvalue weighted by Crippen LogP contribution is -2.49. The van der Waals surface area contributed by atoms with Gasteiger partial charge in [-0.3, -0.25) is 9.59 Å². The van der Waals surface area contributed by atoms with Crippen molar-refractivity contribution in [2.45, 2.75) is 31.8 Å². The van der Waals surface area contributed by atoms with Crippen molar-refractivity contribution in [2.24, 2.45) is 0 Å². The lowest BCUT2D eigenvalue weighted by molar-refractivity contribution is -0.141. The molecule has 1 atom stereocenters. The first-order valence-corrected chi connectivity index (χ1v) is 12.2. The van der Waals surface area contributed by atoms with Crippen LogP contribution in [0.15, 0.2) is 97.1 Å². The number of hydrogen-bond donors (Lipinski definition) is 1. The van der Waals surface area contributed by atoms with Crippen molar-refractivity contribution in [3.05, 3.63) is 119 Å². The summed E-state index contributed by atoms with van der Waals surface area (Å²) in [5.41, 5.74) is 3.01. The minimum Gasteiger partial charge on any atom is -0.357 e. The van der Waals surface area contributed by atoms with Gasteiger partial charge >= 0.3 is 0 Å². The number of nitrogens with one attached hydrogen (secondary N) is 1. The van der Waals surface area contributed by atoms with E-state index in [-0.39, 0.29) is 11.8 Å². The van der Waals surface area contributed by atoms with Crippen LogP contribution >= 0.6 is 11.6 Å². The molecule has 0 bridgehead atoms. The third-order valence-corrected chi connectivity index (χ3v) is 6.48. The number of fused-ring (bicyclic) bond motifs is 1. The molecule has 5 heteroatoms. The topological polar surface area (TPSA) is 49.4 Å². The SMILES string of the molecule is CNC(=O)[C@H](Cc1ccccc1)N(Cc1cccc(Cl)c1)C(=O)CCc1cccc2ccccc12. The summed E-state index contributed by atoms with van der Waals surface area (Å²) in [6.07, 6.45) is 1.33. The number of aryl methyl sites for hydroxylation is 1. The molecule has 4 rings (SSSR count). The number of amides is 2. The molecule has 4 aromatic carbocycles. The minimum absolute atomic E-state index is 0.0672. The predicted molar refractivity (Wildman–Crippen MR) is 142 cm³/mol. The molecule has 2 amide bonds. The second kappa shape index (κ2) is 11.7. The molecule has 4 aromatic rings. The van der Waals surface area contributed by atoms with E-state index in [1.165, 1.54) is 0 Å². The highest BCUT2D eigenvalue weighted by Crippen LogP contribution is 2.22. The predicted octanol–water partition coefficient (Wildman–Crippen LogP) is 5.81. The van der Waals surface area contributed by atoms with Gasteiger partial charge in [-0.25, -0.2) is 0 Å². The van der Waals surface area contributed by atoms with Crippen molar-refractivity contribution >= 4 is 34.2 Å². The van der Waals surface area contributed by atoms with Gasteiger partial charge in [-0.1, -0.05) is 96.5 Å². The summed E-state index contributed by atoms with van der Waals surface area (Å²) in [4.78, 5) is 28.4. The van der Waals surface area contributed by atoms with E-state index < -0.39 is 6.04 Å². The zero-order valence-corrected chi connectivity index (χ0v) is 20.5. The molecule has 178 valence electrons. The van der Waals surface area contributed by atoms with Gasteiger partial charge in [0, 0.05) is 31.5 Å². The normalized spacial score (nSPS) is 11.7. The number of nitrogens with zero attached hydrogens (tertiary/aromatic N) is 1. The highest BCUT2D eigenvalue weighted by Gasteiger charge is 2.29. The van der Waals surface area contributed by atoms with E-state index in [9.17, 15) is 9.59 Å². The largest absolute Gasteiger partial charge is 0.357 e. The number of hydrogen-bond acceptors (Lipinski definition) is 2. The molecule has 0 radical (unpaired) electrons. The third kappa shape index (κ3) is 6.28. The summed E-state index contributed by atoms with van der Waals surface area (Å²) in [5.74, 6) is -0.253. The third-order valence-electron chi connectivity index (χ3n) is 6.25. The van der Waals surface area contributed by atoms with Crippen molar-refractivity contribution in [1.29, 1.82) is 0 Å². The maximum Gasteiger partial charge on any atom is 0.242 e. The molecule has 0 fully saturated rings. The second-order valence-electron chi connectivity index (χ2n) is 8.61. The van der Waals surface area contributed by atoms with Crippen LogP contribution in [0.3, 0.4) is 0 Å². The molecule has 0 saturated heterocycles. The molecular formula is C30H29ClN2O2. The van der Waals surface area contributed by atoms with Gasteiger partial charge in [-0.05, 0) is 46.0 Å². The smallest absolute Gasteiger partial charge is 0.242 e. The summed E-state index contributed by atoms with van der Waals surface area (Å²) in [6.45, 7) is 0.305. The summed E-state index contributed by atoms with van der Waals surface area (Å²) in [6, 6.07) is 31.0. The summed E-state index contributed by atoms with van der Waals surface area (Å²) in [7, 11) is 1.61. The zero-order chi connectivity index (χ0) is 24.6. The highest BCUT2D eigenvalue weighted by atomic mass is 35.5. The van der Waals surface area contributed by atoms with Gasteiger partial charge < -0.3 is 10.2 Å². The average molecular weight is 485 g/mol. The first-order chi connectivity index (χ1) is 17.0. The maximum atomic E-state index is 13.7. The molecule has 0 aliphatic carbocycles. The van der Waals surface area contributed by atoms with Crippen molar-refractivity contribution in [3.8, 4) is 0 Å². The number of benzene rings is 4. The Kier molecular flexibility index (Phi) is 8.17. The molecule has 0 aliphatic rings. The Morgan fingerprint density at radius 1 is 0.857 bits per heavy atom. The fourth-order valence-electron chi connectivity index (χ4n) is 4.45. The van der Waals surface area contributed by atoms with E-state index in [1.54, 1.807) is 18.0 Å². The Labute approximate surface area is 211 Å². The second-order valence-corrected chi connectivity index (χ2v) is 9.05. The Bertz CT molecular complexity index is 1300. The first-order valence-electron chi connectivity index (χ1n) is 11.8. The fraction of sp³-hybridized carbons (Fsp3) is 0.200. The Morgan fingerprint density at radius 2 is 1.54 bits per heavy atom. The Morgan fingerprint density at radius 3 is 2.31 bits per heavy atom. The molecule has 0 heterocycles. The van der Waals surface area contributed by atoms with E-state index in [1.807, 2.05) is 66.7 Å². The molecule has 1 N–H and O–H groups in total. The molecule has 4 nitrogen and oxygen atoms in total. The average Bonchev–Trinajstić information content (AvgIpc) is 2.89. The lowest BCUT2D eigenvalue weighted by Gasteiger charge is -2.31. The van der Waals surface area contributed by atoms with Gasteiger partial charge in [-0.15, -0.1) is 0 Å². The molecule has 0 aromatic heterocycles. The highest BCUT2D eigenvalue weighted by molar-refractivity contribution is 6.30. The maximum absolute atomic E-state index is 13.7. The van der Waals surface area contributed by atoms with Gasteiger partial charge in [0.1, 0.15) is 6.04 Å². The van der Waals surface area contributed by atoms with Crippen LogP contribution in [0.1, 0.15) is 23.1 Å². The van der Waals surface area contributed by atoms with Crippen LogP contribution in [0, 0.1) is 0 Å². The molecule has 0 aliphatic heterocycles. The number of halogens is 1. The van der Waals surface area contributed by atoms with Gasteiger partial charge in [0.05, 0.1) is 0 Å². The molecular weight excluding hydrogens is 456 g/mol. The monoisotopic (exact) mass is 484 g/mol. The first kappa shape index (κ1) is 24.5. The van der Waals surface area contributed by atoms with Crippen LogP contribution in [0.2, 0.25) is 5.02 Å². The number of likely N-dealkylation sites (N-methyl/N-ethyl adjacent to an activating group) is 1. The van der Waals surface area contributed by atoms with Gasteiger partial charge in [-0.2, -0.15) is 0 Å². The Balaban J connectivity index is 1.62. The van der Waals surface area contributed by atoms with Crippen LogP contribution in [0.5, 0.6) is 0 Å². The van der Waals surface area contributed by atoms with E-state index in [0.29, 0.717) is 30.8 Å². The van der Waals surface area contributed by atoms with Crippen molar-refractivity contribution in [1.82, 2.24) is 10.2 Å². The molecule has 0 spiro atoms. The van der Waals surface area contributed by atoms with Crippen LogP contribution in [0.4, 0.5) is 0 Å². The number of carbonyl (C=O) groups excluding carboxylic acids is 2. The van der Waals surface area contributed by atoms with E-state index >= 15 is 0 Å². The quantitative estimate of drug-likeness (QED) is 0.326. The number of carbonyl (C=O) groups is 2. The Hall–Kier alpha value is -3.63. The summed E-state index contributed by atoms with van der Waals surface area (Å²) >= 11 is 6.22. The van der Waals surface area contributed by atoms with E-state index in [0.717, 1.165) is 27.5 Å². The number of rotatable bonds is 9. The summed E-state index contributed by atoms with van der Waals surface area (Å²) < 4.78 is 0. The molecule has 0 unspecified atom stereocenters. The minimum atomic E-state index is -0.638. The van der Waals surface area contributed by atoms with E-state index in [4.69, 9.17) is 11.6 Å². The van der Waals surface area contributed by atoms with E-state index in [2.05, 4.69) is 29.6 Å². The van der Waals surface area contributed by atoms with Crippen LogP contribution in [-0.4, -0.2) is 29.8 Å². The van der Waals surface area contributed by atoms with Crippen LogP contribution in [-0.2, 0) is 29.0 Å². The fourth-order valence-corrected chi connectivity index (χ4v) is 4.66. The standard InChI is InChI=1S/C30H29ClN2O2/c1-32-30(35)28(20-22-9-3-2-4-10-22)33(21-23-11-7-15-26(31)19-23)29(34)18-17-25-14-8-13-24-12-5-6-16-27(24)25/h2-16,19,28H,17-18,20-21H2,1H3,(H,32,35)/t28-/m0/s1. The van der Waals surface area contributed by atoms with Crippen molar-refractivity contribution in [3.63, 3.8) is 0 Å².